The first-order chi connectivity index (χ1) is 10.1. The van der Waals surface area contributed by atoms with Crippen molar-refractivity contribution in [2.24, 2.45) is 4.99 Å². The molecule has 0 aliphatic heterocycles. The Bertz CT molecular complexity index is 760. The number of rotatable bonds is 2. The Balaban J connectivity index is 2.01. The number of benzene rings is 1. The topological polar surface area (TPSA) is 72.5 Å². The van der Waals surface area contributed by atoms with Crippen molar-refractivity contribution in [2.75, 3.05) is 0 Å². The molecule has 5 nitrogen and oxygen atoms in total. The van der Waals surface area contributed by atoms with E-state index < -0.39 is 11.6 Å². The molecule has 3 rings (SSSR count). The van der Waals surface area contributed by atoms with E-state index in [1.54, 1.807) is 0 Å². The normalized spacial score (nSPS) is 16.4. The van der Waals surface area contributed by atoms with Gasteiger partial charge in [0, 0.05) is 6.42 Å². The van der Waals surface area contributed by atoms with Gasteiger partial charge in [0.1, 0.15) is 11.5 Å². The molecule has 2 aromatic rings. The first kappa shape index (κ1) is 13.4. The molecule has 0 fully saturated rings. The number of aliphatic imine (C=N–C) groups is 1. The average molecular weight is 286 g/mol. The number of fused-ring (bicyclic) bond motifs is 1. The van der Waals surface area contributed by atoms with Gasteiger partial charge in [-0.15, -0.1) is 0 Å². The molecular weight excluding hydrogens is 275 g/mol. The van der Waals surface area contributed by atoms with Crippen LogP contribution in [-0.4, -0.2) is 22.3 Å². The van der Waals surface area contributed by atoms with Gasteiger partial charge in [-0.2, -0.15) is 0 Å². The van der Waals surface area contributed by atoms with Gasteiger partial charge in [0.2, 0.25) is 11.5 Å². The van der Waals surface area contributed by atoms with Crippen LogP contribution in [0.1, 0.15) is 40.3 Å². The predicted molar refractivity (Wildman–Crippen MR) is 72.7 cm³/mol. The van der Waals surface area contributed by atoms with Crippen LogP contribution in [-0.2, 0) is 6.42 Å². The van der Waals surface area contributed by atoms with Crippen LogP contribution in [0, 0.1) is 5.82 Å². The zero-order valence-electron chi connectivity index (χ0n) is 11.2. The monoisotopic (exact) mass is 286 g/mol. The van der Waals surface area contributed by atoms with Gasteiger partial charge in [0.15, 0.2) is 17.4 Å². The van der Waals surface area contributed by atoms with Crippen LogP contribution in [0.15, 0.2) is 33.7 Å². The third-order valence-electron chi connectivity index (χ3n) is 3.13. The quantitative estimate of drug-likeness (QED) is 0.850. The maximum Gasteiger partial charge on any atom is 0.245 e. The van der Waals surface area contributed by atoms with E-state index in [1.165, 1.54) is 24.3 Å². The second-order valence-electron chi connectivity index (χ2n) is 4.60. The molecule has 0 radical (unpaired) electrons. The number of hydrogen-bond acceptors (Lipinski definition) is 5. The first-order valence-corrected chi connectivity index (χ1v) is 6.49. The highest BCUT2D eigenvalue weighted by Crippen LogP contribution is 2.23. The molecule has 21 heavy (non-hydrogen) atoms. The summed E-state index contributed by atoms with van der Waals surface area (Å²) in [5.74, 6) is -0.834. The van der Waals surface area contributed by atoms with Gasteiger partial charge in [0.05, 0.1) is 12.1 Å². The van der Waals surface area contributed by atoms with Crippen LogP contribution in [0.4, 0.5) is 10.1 Å². The molecule has 0 saturated heterocycles. The average Bonchev–Trinajstić information content (AvgIpc) is 2.92. The van der Waals surface area contributed by atoms with E-state index in [4.69, 9.17) is 4.42 Å². The largest absolute Gasteiger partial charge is 0.436 e. The van der Waals surface area contributed by atoms with Gasteiger partial charge in [-0.3, -0.25) is 9.59 Å². The molecule has 0 bridgehead atoms. The molecule has 0 spiro atoms. The van der Waals surface area contributed by atoms with Gasteiger partial charge >= 0.3 is 0 Å². The maximum absolute atomic E-state index is 12.9. The van der Waals surface area contributed by atoms with E-state index in [0.717, 1.165) is 0 Å². The lowest BCUT2D eigenvalue weighted by molar-refractivity contribution is 0.0949. The van der Waals surface area contributed by atoms with Crippen LogP contribution >= 0.6 is 0 Å². The van der Waals surface area contributed by atoms with Crippen molar-refractivity contribution in [3.63, 3.8) is 0 Å². The summed E-state index contributed by atoms with van der Waals surface area (Å²) in [6.45, 7) is 1.82. The lowest BCUT2D eigenvalue weighted by Gasteiger charge is -2.09. The van der Waals surface area contributed by atoms with E-state index >= 15 is 0 Å². The fourth-order valence-electron chi connectivity index (χ4n) is 2.07. The maximum atomic E-state index is 12.9. The van der Waals surface area contributed by atoms with Crippen LogP contribution in [0.3, 0.4) is 0 Å². The fraction of sp³-hybridized carbons (Fsp3) is 0.200. The van der Waals surface area contributed by atoms with Crippen LogP contribution in [0.25, 0.3) is 0 Å². The Morgan fingerprint density at radius 1 is 1.29 bits per heavy atom. The van der Waals surface area contributed by atoms with Crippen molar-refractivity contribution in [2.45, 2.75) is 19.8 Å². The van der Waals surface area contributed by atoms with Crippen molar-refractivity contribution in [1.82, 2.24) is 4.98 Å². The van der Waals surface area contributed by atoms with Gasteiger partial charge in [-0.1, -0.05) is 6.92 Å². The number of ketones is 2. The fourth-order valence-corrected chi connectivity index (χ4v) is 2.07. The third-order valence-corrected chi connectivity index (χ3v) is 3.13. The number of carbonyl (C=O) groups is 2. The van der Waals surface area contributed by atoms with Gasteiger partial charge < -0.3 is 4.42 Å². The molecule has 0 atom stereocenters. The number of oxazole rings is 1. The molecule has 106 valence electrons. The molecule has 0 N–H and O–H groups in total. The number of hydrogen-bond donors (Lipinski definition) is 0. The van der Waals surface area contributed by atoms with Crippen molar-refractivity contribution < 1.29 is 18.4 Å². The summed E-state index contributed by atoms with van der Waals surface area (Å²) in [6.07, 6.45) is 0.372. The Kier molecular flexibility index (Phi) is 3.21. The van der Waals surface area contributed by atoms with E-state index in [2.05, 4.69) is 9.98 Å². The molecular formula is C15H11FN2O3. The highest BCUT2D eigenvalue weighted by atomic mass is 19.1. The Morgan fingerprint density at radius 2 is 2.00 bits per heavy atom. The molecule has 0 unspecified atom stereocenters. The molecule has 0 amide bonds. The Morgan fingerprint density at radius 3 is 2.67 bits per heavy atom. The highest BCUT2D eigenvalue weighted by molar-refractivity contribution is 6.52. The molecule has 1 heterocycles. The minimum atomic E-state index is -0.443. The highest BCUT2D eigenvalue weighted by Gasteiger charge is 2.34. The van der Waals surface area contributed by atoms with E-state index in [-0.39, 0.29) is 29.4 Å². The summed E-state index contributed by atoms with van der Waals surface area (Å²) in [5, 5.41) is 0. The smallest absolute Gasteiger partial charge is 0.245 e. The number of carbonyl (C=O) groups excluding carboxylic acids is 2. The summed E-state index contributed by atoms with van der Waals surface area (Å²) in [5.41, 5.74) is 0.569. The zero-order chi connectivity index (χ0) is 15.0. The molecule has 1 aromatic carbocycles. The summed E-state index contributed by atoms with van der Waals surface area (Å²) >= 11 is 0. The zero-order valence-corrected chi connectivity index (χ0v) is 11.2. The molecule has 6 heteroatoms. The standard InChI is InChI=1S/C15H11FN2O3/c1-2-12-18-13-11(19)7-10(14(20)15(13)21-12)17-9-5-3-8(16)4-6-9/h3-6H,2,7H2,1H3. The van der Waals surface area contributed by atoms with Crippen molar-refractivity contribution >= 4 is 23.0 Å². The minimum absolute atomic E-state index is 0.0519. The second-order valence-corrected chi connectivity index (χ2v) is 4.60. The van der Waals surface area contributed by atoms with Gasteiger partial charge in [0.25, 0.3) is 0 Å². The molecule has 1 aliphatic rings. The van der Waals surface area contributed by atoms with Crippen LogP contribution in [0.2, 0.25) is 0 Å². The minimum Gasteiger partial charge on any atom is -0.436 e. The number of nitrogens with zero attached hydrogens (tertiary/aromatic N) is 2. The SMILES string of the molecule is CCc1nc2c(o1)C(=O)C(=Nc1ccc(F)cc1)CC2=O. The van der Waals surface area contributed by atoms with Crippen LogP contribution < -0.4 is 0 Å². The Hall–Kier alpha value is -2.63. The summed E-state index contributed by atoms with van der Waals surface area (Å²) in [4.78, 5) is 32.4. The van der Waals surface area contributed by atoms with Crippen molar-refractivity contribution in [3.05, 3.63) is 47.4 Å². The molecule has 1 aliphatic carbocycles. The van der Waals surface area contributed by atoms with E-state index in [1.807, 2.05) is 6.92 Å². The summed E-state index contributed by atoms with van der Waals surface area (Å²) in [6, 6.07) is 5.36. The molecule has 1 aromatic heterocycles. The van der Waals surface area contributed by atoms with Crippen molar-refractivity contribution in [1.29, 1.82) is 0 Å². The summed E-state index contributed by atoms with van der Waals surface area (Å²) in [7, 11) is 0. The van der Waals surface area contributed by atoms with Gasteiger partial charge in [-0.25, -0.2) is 14.4 Å². The number of Topliss-reactive ketones (excluding diaryl/α,β-unsaturated/α-hetero) is 2. The molecule has 0 saturated carbocycles. The number of aromatic nitrogens is 1. The predicted octanol–water partition coefficient (Wildman–Crippen LogP) is 2.92. The van der Waals surface area contributed by atoms with E-state index in [9.17, 15) is 14.0 Å². The third kappa shape index (κ3) is 2.40. The number of halogens is 1. The van der Waals surface area contributed by atoms with Crippen molar-refractivity contribution in [3.8, 4) is 0 Å². The number of aryl methyl sites for hydroxylation is 1. The first-order valence-electron chi connectivity index (χ1n) is 6.49. The van der Waals surface area contributed by atoms with Gasteiger partial charge in [-0.05, 0) is 24.3 Å². The second kappa shape index (κ2) is 5.05. The lowest BCUT2D eigenvalue weighted by Crippen LogP contribution is -2.26. The van der Waals surface area contributed by atoms with Crippen LogP contribution in [0.5, 0.6) is 0 Å². The Labute approximate surface area is 119 Å². The lowest BCUT2D eigenvalue weighted by atomic mass is 9.97. The summed E-state index contributed by atoms with van der Waals surface area (Å²) < 4.78 is 18.2. The van der Waals surface area contributed by atoms with E-state index in [0.29, 0.717) is 18.0 Å².